The van der Waals surface area contributed by atoms with Gasteiger partial charge in [0, 0.05) is 12.7 Å². The Morgan fingerprint density at radius 2 is 1.96 bits per heavy atom. The lowest BCUT2D eigenvalue weighted by atomic mass is 10.1. The highest BCUT2D eigenvalue weighted by atomic mass is 19.3. The van der Waals surface area contributed by atoms with Gasteiger partial charge in [0.1, 0.15) is 5.75 Å². The molecule has 0 saturated heterocycles. The number of alkyl halides is 2. The van der Waals surface area contributed by atoms with E-state index in [4.69, 9.17) is 0 Å². The maximum absolute atomic E-state index is 13.4. The summed E-state index contributed by atoms with van der Waals surface area (Å²) >= 11 is 0. The van der Waals surface area contributed by atoms with Gasteiger partial charge in [0.05, 0.1) is 17.9 Å². The van der Waals surface area contributed by atoms with Crippen molar-refractivity contribution in [2.45, 2.75) is 12.7 Å². The molecule has 0 spiro atoms. The zero-order valence-electron chi connectivity index (χ0n) is 11.7. The van der Waals surface area contributed by atoms with Gasteiger partial charge in [-0.15, -0.1) is 0 Å². The number of hydrogen-bond acceptors (Lipinski definition) is 4. The van der Waals surface area contributed by atoms with Crippen LogP contribution in [-0.4, -0.2) is 29.2 Å². The Kier molecular flexibility index (Phi) is 5.53. The summed E-state index contributed by atoms with van der Waals surface area (Å²) in [6.07, 6.45) is 1.10. The molecule has 2 aromatic rings. The Morgan fingerprint density at radius 1 is 1.26 bits per heavy atom. The summed E-state index contributed by atoms with van der Waals surface area (Å²) in [6, 6.07) is 6.54. The molecular weight excluding hydrogens is 313 g/mol. The number of ether oxygens (including phenoxy) is 1. The van der Waals surface area contributed by atoms with Gasteiger partial charge >= 0.3 is 6.61 Å². The first kappa shape index (κ1) is 16.8. The molecule has 23 heavy (non-hydrogen) atoms. The van der Waals surface area contributed by atoms with E-state index >= 15 is 0 Å². The van der Waals surface area contributed by atoms with Gasteiger partial charge in [-0.2, -0.15) is 8.78 Å². The molecule has 122 valence electrons. The summed E-state index contributed by atoms with van der Waals surface area (Å²) in [6.45, 7) is -3.10. The molecule has 0 fully saturated rings. The molecule has 1 atom stereocenters. The van der Waals surface area contributed by atoms with Crippen LogP contribution in [-0.2, 0) is 0 Å². The van der Waals surface area contributed by atoms with Gasteiger partial charge in [0.15, 0.2) is 5.82 Å². The van der Waals surface area contributed by atoms with Crippen molar-refractivity contribution >= 4 is 5.91 Å². The van der Waals surface area contributed by atoms with E-state index in [-0.39, 0.29) is 17.9 Å². The maximum atomic E-state index is 13.4. The fourth-order valence-electron chi connectivity index (χ4n) is 1.83. The fourth-order valence-corrected chi connectivity index (χ4v) is 1.83. The second kappa shape index (κ2) is 7.59. The molecule has 0 saturated carbocycles. The van der Waals surface area contributed by atoms with E-state index < -0.39 is 24.4 Å². The van der Waals surface area contributed by atoms with Crippen LogP contribution in [0.5, 0.6) is 5.75 Å². The molecule has 0 aliphatic rings. The normalized spacial score (nSPS) is 12.0. The first-order chi connectivity index (χ1) is 11.0. The molecule has 8 heteroatoms. The van der Waals surface area contributed by atoms with Crippen LogP contribution in [0.1, 0.15) is 22.0 Å². The van der Waals surface area contributed by atoms with Crippen LogP contribution >= 0.6 is 0 Å². The molecule has 1 aromatic heterocycles. The van der Waals surface area contributed by atoms with Gasteiger partial charge in [-0.3, -0.25) is 9.78 Å². The minimum atomic E-state index is -2.93. The number of nitrogens with zero attached hydrogens (tertiary/aromatic N) is 1. The molecule has 2 rings (SSSR count). The summed E-state index contributed by atoms with van der Waals surface area (Å²) in [4.78, 5) is 15.3. The topological polar surface area (TPSA) is 71.5 Å². The van der Waals surface area contributed by atoms with Crippen LogP contribution in [0.4, 0.5) is 13.2 Å². The van der Waals surface area contributed by atoms with Gasteiger partial charge in [-0.25, -0.2) is 4.39 Å². The second-order valence-electron chi connectivity index (χ2n) is 4.53. The number of aromatic nitrogens is 1. The van der Waals surface area contributed by atoms with Crippen LogP contribution in [0, 0.1) is 5.82 Å². The third kappa shape index (κ3) is 4.68. The number of aliphatic hydroxyl groups is 1. The van der Waals surface area contributed by atoms with E-state index in [1.54, 1.807) is 0 Å². The highest BCUT2D eigenvalue weighted by Gasteiger charge is 2.14. The molecule has 1 unspecified atom stereocenters. The Bertz CT molecular complexity index is 665. The SMILES string of the molecule is O=C(NCC(O)c1ccc(OC(F)F)cc1)c1ccncc1F. The number of carbonyl (C=O) groups excluding carboxylic acids is 1. The number of halogens is 3. The van der Waals surface area contributed by atoms with Crippen molar-refractivity contribution in [2.24, 2.45) is 0 Å². The van der Waals surface area contributed by atoms with Crippen LogP contribution in [0.15, 0.2) is 42.7 Å². The van der Waals surface area contributed by atoms with Crippen molar-refractivity contribution in [2.75, 3.05) is 6.54 Å². The number of pyridine rings is 1. The van der Waals surface area contributed by atoms with Crippen molar-refractivity contribution in [3.05, 3.63) is 59.7 Å². The van der Waals surface area contributed by atoms with Gasteiger partial charge in [-0.05, 0) is 23.8 Å². The first-order valence-corrected chi connectivity index (χ1v) is 6.58. The van der Waals surface area contributed by atoms with E-state index in [1.807, 2.05) is 0 Å². The third-order valence-electron chi connectivity index (χ3n) is 2.96. The minimum Gasteiger partial charge on any atom is -0.435 e. The minimum absolute atomic E-state index is 0.0427. The second-order valence-corrected chi connectivity index (χ2v) is 4.53. The molecule has 1 amide bonds. The lowest BCUT2D eigenvalue weighted by molar-refractivity contribution is -0.0498. The predicted octanol–water partition coefficient (Wildman–Crippen LogP) is 2.29. The molecule has 2 N–H and O–H groups in total. The zero-order valence-corrected chi connectivity index (χ0v) is 11.7. The quantitative estimate of drug-likeness (QED) is 0.854. The smallest absolute Gasteiger partial charge is 0.387 e. The Labute approximate surface area is 129 Å². The van der Waals surface area contributed by atoms with E-state index in [0.29, 0.717) is 5.56 Å². The summed E-state index contributed by atoms with van der Waals surface area (Å²) in [5, 5.41) is 12.3. The molecule has 1 heterocycles. The lowest BCUT2D eigenvalue weighted by Gasteiger charge is -2.13. The highest BCUT2D eigenvalue weighted by Crippen LogP contribution is 2.19. The standard InChI is InChI=1S/C15H13F3N2O3/c16-12-7-19-6-5-11(12)14(22)20-8-13(21)9-1-3-10(4-2-9)23-15(17)18/h1-7,13,15,21H,8H2,(H,20,22). The number of aliphatic hydroxyl groups excluding tert-OH is 1. The summed E-state index contributed by atoms with van der Waals surface area (Å²) < 4.78 is 41.6. The van der Waals surface area contributed by atoms with E-state index in [2.05, 4.69) is 15.0 Å². The van der Waals surface area contributed by atoms with Crippen LogP contribution in [0.3, 0.4) is 0 Å². The van der Waals surface area contributed by atoms with Crippen molar-refractivity contribution in [1.82, 2.24) is 10.3 Å². The van der Waals surface area contributed by atoms with Crippen molar-refractivity contribution in [3.63, 3.8) is 0 Å². The Balaban J connectivity index is 1.93. The van der Waals surface area contributed by atoms with E-state index in [9.17, 15) is 23.1 Å². The predicted molar refractivity (Wildman–Crippen MR) is 74.6 cm³/mol. The summed E-state index contributed by atoms with van der Waals surface area (Å²) in [5.74, 6) is -1.51. The average Bonchev–Trinajstić information content (AvgIpc) is 2.53. The molecule has 0 bridgehead atoms. The van der Waals surface area contributed by atoms with Gasteiger partial charge in [-0.1, -0.05) is 12.1 Å². The van der Waals surface area contributed by atoms with Crippen LogP contribution in [0.25, 0.3) is 0 Å². The number of rotatable bonds is 6. The zero-order chi connectivity index (χ0) is 16.8. The average molecular weight is 326 g/mol. The first-order valence-electron chi connectivity index (χ1n) is 6.58. The monoisotopic (exact) mass is 326 g/mol. The number of amides is 1. The molecule has 0 aliphatic carbocycles. The Morgan fingerprint density at radius 3 is 2.57 bits per heavy atom. The summed E-state index contributed by atoms with van der Waals surface area (Å²) in [5.41, 5.74) is 0.204. The van der Waals surface area contributed by atoms with Crippen molar-refractivity contribution in [1.29, 1.82) is 0 Å². The van der Waals surface area contributed by atoms with Crippen molar-refractivity contribution < 1.29 is 27.8 Å². The highest BCUT2D eigenvalue weighted by molar-refractivity contribution is 5.94. The molecule has 1 aromatic carbocycles. The molecule has 0 radical (unpaired) electrons. The van der Waals surface area contributed by atoms with Gasteiger partial charge in [0.2, 0.25) is 0 Å². The van der Waals surface area contributed by atoms with Crippen LogP contribution < -0.4 is 10.1 Å². The Hall–Kier alpha value is -2.61. The molecule has 5 nitrogen and oxygen atoms in total. The largest absolute Gasteiger partial charge is 0.435 e. The number of hydrogen-bond donors (Lipinski definition) is 2. The molecular formula is C15H13F3N2O3. The number of benzene rings is 1. The third-order valence-corrected chi connectivity index (χ3v) is 2.96. The number of nitrogens with one attached hydrogen (secondary N) is 1. The lowest BCUT2D eigenvalue weighted by Crippen LogP contribution is -2.29. The number of carbonyl (C=O) groups is 1. The van der Waals surface area contributed by atoms with Crippen molar-refractivity contribution in [3.8, 4) is 5.75 Å². The van der Waals surface area contributed by atoms with Crippen LogP contribution in [0.2, 0.25) is 0 Å². The molecule has 0 aliphatic heterocycles. The fraction of sp³-hybridized carbons (Fsp3) is 0.200. The van der Waals surface area contributed by atoms with E-state index in [1.165, 1.54) is 36.5 Å². The van der Waals surface area contributed by atoms with Gasteiger partial charge < -0.3 is 15.2 Å². The summed E-state index contributed by atoms with van der Waals surface area (Å²) in [7, 11) is 0. The maximum Gasteiger partial charge on any atom is 0.387 e. The van der Waals surface area contributed by atoms with E-state index in [0.717, 1.165) is 6.20 Å². The van der Waals surface area contributed by atoms with Gasteiger partial charge in [0.25, 0.3) is 5.91 Å².